The fourth-order valence-corrected chi connectivity index (χ4v) is 1.90. The highest BCUT2D eigenvalue weighted by atomic mass is 32.1. The third-order valence-electron chi connectivity index (χ3n) is 1.81. The van der Waals surface area contributed by atoms with Gasteiger partial charge in [0.2, 0.25) is 0 Å². The fourth-order valence-electron chi connectivity index (χ4n) is 1.16. The molecule has 1 unspecified atom stereocenters. The Labute approximate surface area is 75.0 Å². The average Bonchev–Trinajstić information content (AvgIpc) is 2.77. The van der Waals surface area contributed by atoms with Crippen LogP contribution in [0.1, 0.15) is 16.6 Å². The van der Waals surface area contributed by atoms with Crippen molar-refractivity contribution in [2.24, 2.45) is 5.73 Å². The molecule has 2 nitrogen and oxygen atoms in total. The van der Waals surface area contributed by atoms with E-state index in [1.54, 1.807) is 11.3 Å². The zero-order valence-corrected chi connectivity index (χ0v) is 7.34. The Hall–Kier alpha value is -1.06. The maximum absolute atomic E-state index is 5.98. The normalized spacial score (nSPS) is 13.1. The summed E-state index contributed by atoms with van der Waals surface area (Å²) in [5, 5.41) is 2.04. The molecular weight excluding hydrogens is 168 g/mol. The van der Waals surface area contributed by atoms with Gasteiger partial charge in [-0.3, -0.25) is 0 Å². The van der Waals surface area contributed by atoms with Gasteiger partial charge in [0.1, 0.15) is 0 Å². The van der Waals surface area contributed by atoms with Gasteiger partial charge in [-0.25, -0.2) is 0 Å². The lowest BCUT2D eigenvalue weighted by Gasteiger charge is -2.05. The molecule has 2 rings (SSSR count). The van der Waals surface area contributed by atoms with E-state index in [9.17, 15) is 0 Å². The quantitative estimate of drug-likeness (QED) is 0.726. The lowest BCUT2D eigenvalue weighted by atomic mass is 10.2. The zero-order valence-electron chi connectivity index (χ0n) is 6.53. The third-order valence-corrected chi connectivity index (χ3v) is 2.76. The minimum atomic E-state index is -0.000000000000000666. The standard InChI is InChI=1S/C9H10N2S/c10-9(7-3-1-5-11-7)8-4-2-6-12-8/h1-6,9,11H,10H2. The summed E-state index contributed by atoms with van der Waals surface area (Å²) in [4.78, 5) is 4.30. The average molecular weight is 178 g/mol. The predicted octanol–water partition coefficient (Wildman–Crippen LogP) is 2.12. The van der Waals surface area contributed by atoms with Crippen molar-refractivity contribution in [3.05, 3.63) is 46.4 Å². The summed E-state index contributed by atoms with van der Waals surface area (Å²) < 4.78 is 0. The molecule has 0 aliphatic heterocycles. The summed E-state index contributed by atoms with van der Waals surface area (Å²) in [6, 6.07) is 8.03. The number of nitrogens with one attached hydrogen (secondary N) is 1. The van der Waals surface area contributed by atoms with Gasteiger partial charge >= 0.3 is 0 Å². The molecule has 2 heterocycles. The van der Waals surface area contributed by atoms with E-state index in [1.807, 2.05) is 29.8 Å². The number of aromatic amines is 1. The first kappa shape index (κ1) is 7.58. The molecule has 3 N–H and O–H groups in total. The second-order valence-electron chi connectivity index (χ2n) is 2.62. The van der Waals surface area contributed by atoms with E-state index in [-0.39, 0.29) is 6.04 Å². The summed E-state index contributed by atoms with van der Waals surface area (Å²) >= 11 is 1.68. The minimum Gasteiger partial charge on any atom is -0.363 e. The van der Waals surface area contributed by atoms with E-state index >= 15 is 0 Å². The maximum Gasteiger partial charge on any atom is 0.0797 e. The summed E-state index contributed by atoms with van der Waals surface area (Å²) in [6.45, 7) is 0. The lowest BCUT2D eigenvalue weighted by Crippen LogP contribution is -2.10. The van der Waals surface area contributed by atoms with Crippen molar-refractivity contribution in [1.29, 1.82) is 0 Å². The first-order valence-electron chi connectivity index (χ1n) is 3.80. The molecular formula is C9H10N2S. The molecule has 0 aliphatic rings. The largest absolute Gasteiger partial charge is 0.363 e. The Kier molecular flexibility index (Phi) is 1.98. The molecule has 1 atom stereocenters. The Bertz CT molecular complexity index is 289. The van der Waals surface area contributed by atoms with E-state index in [4.69, 9.17) is 5.73 Å². The summed E-state index contributed by atoms with van der Waals surface area (Å²) in [5.74, 6) is 0. The molecule has 0 amide bonds. The Balaban J connectivity index is 2.27. The Morgan fingerprint density at radius 2 is 2.25 bits per heavy atom. The maximum atomic E-state index is 5.98. The van der Waals surface area contributed by atoms with Gasteiger partial charge < -0.3 is 10.7 Å². The number of hydrogen-bond donors (Lipinski definition) is 2. The number of rotatable bonds is 2. The van der Waals surface area contributed by atoms with Gasteiger partial charge in [-0.1, -0.05) is 6.07 Å². The second kappa shape index (κ2) is 3.13. The van der Waals surface area contributed by atoms with Crippen LogP contribution >= 0.6 is 11.3 Å². The second-order valence-corrected chi connectivity index (χ2v) is 3.60. The van der Waals surface area contributed by atoms with Crippen molar-refractivity contribution in [3.63, 3.8) is 0 Å². The molecule has 62 valence electrons. The van der Waals surface area contributed by atoms with Crippen LogP contribution in [0.5, 0.6) is 0 Å². The van der Waals surface area contributed by atoms with Crippen LogP contribution in [0.4, 0.5) is 0 Å². The van der Waals surface area contributed by atoms with Crippen LogP contribution in [-0.2, 0) is 0 Å². The molecule has 0 saturated heterocycles. The summed E-state index contributed by atoms with van der Waals surface area (Å²) in [5.41, 5.74) is 7.05. The molecule has 2 aromatic rings. The molecule has 0 radical (unpaired) electrons. The smallest absolute Gasteiger partial charge is 0.0797 e. The van der Waals surface area contributed by atoms with Crippen molar-refractivity contribution in [2.45, 2.75) is 6.04 Å². The van der Waals surface area contributed by atoms with Crippen molar-refractivity contribution >= 4 is 11.3 Å². The number of aromatic nitrogens is 1. The highest BCUT2D eigenvalue weighted by Crippen LogP contribution is 2.21. The van der Waals surface area contributed by atoms with Gasteiger partial charge in [0.15, 0.2) is 0 Å². The number of H-pyrrole nitrogens is 1. The molecule has 0 saturated carbocycles. The number of nitrogens with two attached hydrogens (primary N) is 1. The SMILES string of the molecule is NC(c1ccc[nH]1)c1cccs1. The molecule has 12 heavy (non-hydrogen) atoms. The van der Waals surface area contributed by atoms with Crippen LogP contribution < -0.4 is 5.73 Å². The van der Waals surface area contributed by atoms with E-state index < -0.39 is 0 Å². The first-order valence-corrected chi connectivity index (χ1v) is 4.68. The molecule has 2 aromatic heterocycles. The van der Waals surface area contributed by atoms with E-state index in [0.29, 0.717) is 0 Å². The van der Waals surface area contributed by atoms with Gasteiger partial charge in [-0.05, 0) is 23.6 Å². The van der Waals surface area contributed by atoms with Crippen molar-refractivity contribution in [1.82, 2.24) is 4.98 Å². The minimum absolute atomic E-state index is 0.000000000000000666. The molecule has 0 bridgehead atoms. The molecule has 0 aliphatic carbocycles. The van der Waals surface area contributed by atoms with E-state index in [1.165, 1.54) is 4.88 Å². The highest BCUT2D eigenvalue weighted by molar-refractivity contribution is 7.10. The van der Waals surface area contributed by atoms with Gasteiger partial charge in [0, 0.05) is 16.8 Å². The summed E-state index contributed by atoms with van der Waals surface area (Å²) in [6.07, 6.45) is 1.89. The molecule has 3 heteroatoms. The molecule has 0 aromatic carbocycles. The first-order chi connectivity index (χ1) is 5.88. The van der Waals surface area contributed by atoms with Crippen LogP contribution in [0.3, 0.4) is 0 Å². The van der Waals surface area contributed by atoms with Gasteiger partial charge in [-0.2, -0.15) is 0 Å². The van der Waals surface area contributed by atoms with Crippen LogP contribution in [0.15, 0.2) is 35.8 Å². The van der Waals surface area contributed by atoms with Crippen molar-refractivity contribution in [2.75, 3.05) is 0 Å². The Morgan fingerprint density at radius 1 is 1.33 bits per heavy atom. The number of hydrogen-bond acceptors (Lipinski definition) is 2. The van der Waals surface area contributed by atoms with Crippen molar-refractivity contribution in [3.8, 4) is 0 Å². The third kappa shape index (κ3) is 1.29. The van der Waals surface area contributed by atoms with Gasteiger partial charge in [0.25, 0.3) is 0 Å². The zero-order chi connectivity index (χ0) is 8.39. The van der Waals surface area contributed by atoms with Crippen molar-refractivity contribution < 1.29 is 0 Å². The Morgan fingerprint density at radius 3 is 2.83 bits per heavy atom. The van der Waals surface area contributed by atoms with E-state index in [0.717, 1.165) is 5.69 Å². The predicted molar refractivity (Wildman–Crippen MR) is 51.1 cm³/mol. The number of thiophene rings is 1. The molecule has 0 spiro atoms. The van der Waals surface area contributed by atoms with Gasteiger partial charge in [0.05, 0.1) is 6.04 Å². The fraction of sp³-hybridized carbons (Fsp3) is 0.111. The van der Waals surface area contributed by atoms with Crippen LogP contribution in [0.2, 0.25) is 0 Å². The van der Waals surface area contributed by atoms with Gasteiger partial charge in [-0.15, -0.1) is 11.3 Å². The summed E-state index contributed by atoms with van der Waals surface area (Å²) in [7, 11) is 0. The van der Waals surface area contributed by atoms with Crippen LogP contribution in [-0.4, -0.2) is 4.98 Å². The van der Waals surface area contributed by atoms with Crippen LogP contribution in [0, 0.1) is 0 Å². The lowest BCUT2D eigenvalue weighted by molar-refractivity contribution is 0.858. The van der Waals surface area contributed by atoms with E-state index in [2.05, 4.69) is 11.1 Å². The topological polar surface area (TPSA) is 41.8 Å². The highest BCUT2D eigenvalue weighted by Gasteiger charge is 2.09. The van der Waals surface area contributed by atoms with Crippen LogP contribution in [0.25, 0.3) is 0 Å². The monoisotopic (exact) mass is 178 g/mol. The molecule has 0 fully saturated rings.